The monoisotopic (exact) mass is 674 g/mol. The van der Waals surface area contributed by atoms with Crippen molar-refractivity contribution in [2.75, 3.05) is 43.2 Å². The van der Waals surface area contributed by atoms with E-state index in [1.807, 2.05) is 0 Å². The summed E-state index contributed by atoms with van der Waals surface area (Å²) in [5, 5.41) is 15.7. The van der Waals surface area contributed by atoms with Gasteiger partial charge in [-0.25, -0.2) is 17.8 Å². The van der Waals surface area contributed by atoms with Crippen molar-refractivity contribution in [2.24, 2.45) is 11.4 Å². The predicted molar refractivity (Wildman–Crippen MR) is 173 cm³/mol. The Labute approximate surface area is 272 Å². The normalized spacial score (nSPS) is 16.1. The third-order valence-electron chi connectivity index (χ3n) is 7.30. The summed E-state index contributed by atoms with van der Waals surface area (Å²) in [5.74, 6) is -4.02. The standard InChI is InChI=1S/C31H40F2N8O5S/c1-20-25(27(41-14-9-12-31(32,33)13-15-41)37-36-26(20)21-17-34-40(6)18-21)28(43)35-22-10-8-11-23(16-22)47(7,45)38-24(42)19-39(5)29(44)46-30(2,3)4/h8,10-11,16-18H,9,12-15,19H2,1-7H3,(H,35,43)/t47-/m1/s1. The van der Waals surface area contributed by atoms with Crippen molar-refractivity contribution in [1.82, 2.24) is 24.9 Å². The maximum absolute atomic E-state index is 14.2. The lowest BCUT2D eigenvalue weighted by molar-refractivity contribution is -0.118. The maximum atomic E-state index is 14.2. The van der Waals surface area contributed by atoms with Crippen molar-refractivity contribution in [1.29, 1.82) is 0 Å². The van der Waals surface area contributed by atoms with E-state index in [9.17, 15) is 27.4 Å². The second-order valence-electron chi connectivity index (χ2n) is 12.6. The summed E-state index contributed by atoms with van der Waals surface area (Å²) in [7, 11) is -0.182. The number of benzene rings is 1. The molecule has 0 unspecified atom stereocenters. The fourth-order valence-electron chi connectivity index (χ4n) is 4.98. The van der Waals surface area contributed by atoms with Crippen LogP contribution in [0.25, 0.3) is 11.3 Å². The molecule has 3 amide bonds. The molecule has 13 nitrogen and oxygen atoms in total. The first-order valence-electron chi connectivity index (χ1n) is 14.9. The molecule has 2 aromatic heterocycles. The number of nitrogens with one attached hydrogen (secondary N) is 1. The lowest BCUT2D eigenvalue weighted by Crippen LogP contribution is -2.37. The van der Waals surface area contributed by atoms with Gasteiger partial charge in [-0.15, -0.1) is 10.2 Å². The van der Waals surface area contributed by atoms with Gasteiger partial charge < -0.3 is 19.9 Å². The first kappa shape index (κ1) is 35.4. The Balaban J connectivity index is 1.63. The van der Waals surface area contributed by atoms with Gasteiger partial charge in [0.15, 0.2) is 5.82 Å². The first-order valence-corrected chi connectivity index (χ1v) is 16.9. The molecule has 1 saturated heterocycles. The van der Waals surface area contributed by atoms with E-state index in [1.54, 1.807) is 68.9 Å². The number of aryl methyl sites for hydroxylation is 1. The van der Waals surface area contributed by atoms with Crippen LogP contribution in [0.15, 0.2) is 45.9 Å². The third-order valence-corrected chi connectivity index (χ3v) is 8.98. The van der Waals surface area contributed by atoms with Gasteiger partial charge in [-0.1, -0.05) is 6.07 Å². The molecule has 254 valence electrons. The third kappa shape index (κ3) is 9.08. The van der Waals surface area contributed by atoms with Gasteiger partial charge in [0.05, 0.1) is 27.2 Å². The number of aromatic nitrogens is 4. The summed E-state index contributed by atoms with van der Waals surface area (Å²) < 4.78 is 52.7. The van der Waals surface area contributed by atoms with Crippen molar-refractivity contribution in [2.45, 2.75) is 63.4 Å². The molecule has 1 aromatic carbocycles. The Morgan fingerprint density at radius 1 is 1.17 bits per heavy atom. The number of carbonyl (C=O) groups is 3. The Morgan fingerprint density at radius 3 is 2.55 bits per heavy atom. The highest BCUT2D eigenvalue weighted by atomic mass is 32.2. The molecule has 1 aliphatic rings. The lowest BCUT2D eigenvalue weighted by Gasteiger charge is -2.25. The molecule has 0 bridgehead atoms. The molecule has 0 saturated carbocycles. The quantitative estimate of drug-likeness (QED) is 0.368. The Hall–Kier alpha value is -4.47. The van der Waals surface area contributed by atoms with Crippen LogP contribution in [0.1, 0.15) is 56.0 Å². The number of hydrogen-bond acceptors (Lipinski definition) is 9. The van der Waals surface area contributed by atoms with Crippen molar-refractivity contribution in [3.63, 3.8) is 0 Å². The highest BCUT2D eigenvalue weighted by molar-refractivity contribution is 7.93. The van der Waals surface area contributed by atoms with E-state index in [2.05, 4.69) is 25.0 Å². The Kier molecular flexibility index (Phi) is 10.3. The fourth-order valence-corrected chi connectivity index (χ4v) is 6.21. The number of hydrogen-bond donors (Lipinski definition) is 1. The number of rotatable bonds is 7. The van der Waals surface area contributed by atoms with Crippen molar-refractivity contribution >= 4 is 39.1 Å². The number of likely N-dealkylation sites (N-methyl/N-ethyl adjacent to an activating group) is 1. The summed E-state index contributed by atoms with van der Waals surface area (Å²) in [6, 6.07) is 6.08. The topological polar surface area (TPSA) is 152 Å². The minimum atomic E-state index is -3.29. The second-order valence-corrected chi connectivity index (χ2v) is 14.8. The summed E-state index contributed by atoms with van der Waals surface area (Å²) in [4.78, 5) is 41.7. The first-order chi connectivity index (χ1) is 21.8. The molecular weight excluding hydrogens is 634 g/mol. The van der Waals surface area contributed by atoms with Crippen LogP contribution in [0, 0.1) is 6.92 Å². The minimum Gasteiger partial charge on any atom is -0.444 e. The second kappa shape index (κ2) is 13.7. The van der Waals surface area contributed by atoms with Crippen molar-refractivity contribution in [3.8, 4) is 11.3 Å². The Morgan fingerprint density at radius 2 is 1.89 bits per heavy atom. The lowest BCUT2D eigenvalue weighted by atomic mass is 10.0. The van der Waals surface area contributed by atoms with E-state index in [0.717, 1.165) is 4.90 Å². The molecule has 0 aliphatic carbocycles. The number of amides is 3. The zero-order valence-corrected chi connectivity index (χ0v) is 28.4. The molecule has 3 heterocycles. The van der Waals surface area contributed by atoms with E-state index >= 15 is 0 Å². The van der Waals surface area contributed by atoms with E-state index in [4.69, 9.17) is 4.74 Å². The zero-order chi connectivity index (χ0) is 34.7. The van der Waals surface area contributed by atoms with Crippen LogP contribution in [0.2, 0.25) is 0 Å². The van der Waals surface area contributed by atoms with Gasteiger partial charge in [0.25, 0.3) is 11.8 Å². The highest BCUT2D eigenvalue weighted by Gasteiger charge is 2.34. The molecule has 0 spiro atoms. The molecule has 0 radical (unpaired) electrons. The Bertz CT molecular complexity index is 1800. The number of carbonyl (C=O) groups excluding carboxylic acids is 3. The molecule has 3 aromatic rings. The minimum absolute atomic E-state index is 0.0142. The molecule has 16 heteroatoms. The summed E-state index contributed by atoms with van der Waals surface area (Å²) in [6.45, 7) is 6.59. The van der Waals surface area contributed by atoms with Gasteiger partial charge in [0.1, 0.15) is 12.1 Å². The SMILES string of the molecule is Cc1c(-c2cnn(C)c2)nnc(N2CCCC(F)(F)CC2)c1C(=O)Nc1cccc([S@@](C)(=O)=NC(=O)CN(C)C(=O)OC(C)(C)C)c1. The number of alkyl halides is 2. The van der Waals surface area contributed by atoms with Gasteiger partial charge in [0, 0.05) is 68.6 Å². The fraction of sp³-hybridized carbons (Fsp3) is 0.484. The molecule has 1 atom stereocenters. The van der Waals surface area contributed by atoms with Crippen LogP contribution in [-0.2, 0) is 26.3 Å². The van der Waals surface area contributed by atoms with E-state index < -0.39 is 45.7 Å². The van der Waals surface area contributed by atoms with Crippen LogP contribution in [0.5, 0.6) is 0 Å². The van der Waals surface area contributed by atoms with E-state index in [0.29, 0.717) is 16.8 Å². The molecular formula is C31H40F2N8O5S. The van der Waals surface area contributed by atoms with E-state index in [-0.39, 0.29) is 54.3 Å². The number of halogens is 2. The average Bonchev–Trinajstić information content (AvgIpc) is 3.30. The number of ether oxygens (including phenoxy) is 1. The van der Waals surface area contributed by atoms with Gasteiger partial charge in [-0.05, 0) is 57.9 Å². The van der Waals surface area contributed by atoms with Gasteiger partial charge >= 0.3 is 6.09 Å². The maximum Gasteiger partial charge on any atom is 0.410 e. The zero-order valence-electron chi connectivity index (χ0n) is 27.5. The molecule has 4 rings (SSSR count). The molecule has 1 aliphatic heterocycles. The number of nitrogens with zero attached hydrogens (tertiary/aromatic N) is 7. The summed E-state index contributed by atoms with van der Waals surface area (Å²) >= 11 is 0. The van der Waals surface area contributed by atoms with Crippen LogP contribution >= 0.6 is 0 Å². The van der Waals surface area contributed by atoms with Crippen LogP contribution in [-0.4, -0.2) is 91.5 Å². The predicted octanol–water partition coefficient (Wildman–Crippen LogP) is 4.91. The molecule has 1 fully saturated rings. The highest BCUT2D eigenvalue weighted by Crippen LogP contribution is 2.33. The molecule has 47 heavy (non-hydrogen) atoms. The smallest absolute Gasteiger partial charge is 0.410 e. The summed E-state index contributed by atoms with van der Waals surface area (Å²) in [6.07, 6.45) is 3.42. The van der Waals surface area contributed by atoms with Crippen LogP contribution < -0.4 is 10.2 Å². The largest absolute Gasteiger partial charge is 0.444 e. The van der Waals surface area contributed by atoms with Gasteiger partial charge in [-0.3, -0.25) is 14.3 Å². The van der Waals surface area contributed by atoms with Crippen LogP contribution in [0.4, 0.5) is 25.1 Å². The summed E-state index contributed by atoms with van der Waals surface area (Å²) in [5.41, 5.74) is 1.15. The molecule has 1 N–H and O–H groups in total. The van der Waals surface area contributed by atoms with E-state index in [1.165, 1.54) is 25.4 Å². The number of anilines is 2. The van der Waals surface area contributed by atoms with Gasteiger partial charge in [-0.2, -0.15) is 9.46 Å². The van der Waals surface area contributed by atoms with Crippen molar-refractivity contribution in [3.05, 3.63) is 47.8 Å². The van der Waals surface area contributed by atoms with Crippen molar-refractivity contribution < 1.29 is 32.1 Å². The average molecular weight is 675 g/mol. The van der Waals surface area contributed by atoms with Gasteiger partial charge in [0.2, 0.25) is 5.92 Å². The van der Waals surface area contributed by atoms with Crippen LogP contribution in [0.3, 0.4) is 0 Å².